The van der Waals surface area contributed by atoms with E-state index in [1.807, 2.05) is 0 Å². The van der Waals surface area contributed by atoms with E-state index in [-0.39, 0.29) is 0 Å². The third kappa shape index (κ3) is 10.1. The fraction of sp³-hybridized carbons (Fsp3) is 0.684. The van der Waals surface area contributed by atoms with Crippen LogP contribution in [0.4, 0.5) is 0 Å². The first kappa shape index (κ1) is 18.7. The van der Waals surface area contributed by atoms with Gasteiger partial charge in [-0.2, -0.15) is 0 Å². The van der Waals surface area contributed by atoms with Crippen LogP contribution in [-0.4, -0.2) is 6.04 Å². The van der Waals surface area contributed by atoms with Crippen molar-refractivity contribution in [2.75, 3.05) is 0 Å². The molecule has 1 aromatic rings. The minimum Gasteiger partial charge on any atom is -0.327 e. The van der Waals surface area contributed by atoms with Gasteiger partial charge in [-0.15, -0.1) is 0 Å². The van der Waals surface area contributed by atoms with Gasteiger partial charge in [0.05, 0.1) is 0 Å². The lowest BCUT2D eigenvalue weighted by Gasteiger charge is -2.11. The molecule has 1 rings (SSSR count). The van der Waals surface area contributed by atoms with Crippen LogP contribution in [0.15, 0.2) is 28.7 Å². The van der Waals surface area contributed by atoms with Crippen LogP contribution >= 0.6 is 15.9 Å². The summed E-state index contributed by atoms with van der Waals surface area (Å²) in [6.45, 7) is 2.28. The molecule has 0 bridgehead atoms. The molecule has 0 saturated heterocycles. The minimum atomic E-state index is 0.309. The molecule has 2 N–H and O–H groups in total. The number of hydrogen-bond donors (Lipinski definition) is 1. The third-order valence-electron chi connectivity index (χ3n) is 4.07. The summed E-state index contributed by atoms with van der Waals surface area (Å²) in [6, 6.07) is 8.81. The Kier molecular flexibility index (Phi) is 10.9. The largest absolute Gasteiger partial charge is 0.327 e. The number of rotatable bonds is 12. The Morgan fingerprint density at radius 2 is 1.57 bits per heavy atom. The fourth-order valence-corrected chi connectivity index (χ4v) is 3.23. The first-order valence-electron chi connectivity index (χ1n) is 8.72. The molecule has 1 unspecified atom stereocenters. The summed E-state index contributed by atoms with van der Waals surface area (Å²) < 4.78 is 1.15. The predicted molar refractivity (Wildman–Crippen MR) is 97.7 cm³/mol. The molecule has 0 saturated carbocycles. The molecular formula is C19H32BrN. The summed E-state index contributed by atoms with van der Waals surface area (Å²) >= 11 is 3.51. The van der Waals surface area contributed by atoms with Crippen LogP contribution in [0.2, 0.25) is 0 Å². The Labute approximate surface area is 139 Å². The average molecular weight is 354 g/mol. The normalized spacial score (nSPS) is 12.5. The van der Waals surface area contributed by atoms with Crippen molar-refractivity contribution in [1.29, 1.82) is 0 Å². The highest BCUT2D eigenvalue weighted by molar-refractivity contribution is 9.10. The maximum Gasteiger partial charge on any atom is 0.0178 e. The molecule has 1 atom stereocenters. The van der Waals surface area contributed by atoms with Crippen molar-refractivity contribution in [2.24, 2.45) is 5.73 Å². The Hall–Kier alpha value is -0.340. The second-order valence-electron chi connectivity index (χ2n) is 6.21. The number of nitrogens with two attached hydrogens (primary N) is 1. The highest BCUT2D eigenvalue weighted by atomic mass is 79.9. The minimum absolute atomic E-state index is 0.309. The Balaban J connectivity index is 1.97. The molecule has 0 fully saturated rings. The maximum absolute atomic E-state index is 6.24. The van der Waals surface area contributed by atoms with Gasteiger partial charge in [0.15, 0.2) is 0 Å². The highest BCUT2D eigenvalue weighted by Crippen LogP contribution is 2.15. The van der Waals surface area contributed by atoms with Gasteiger partial charge in [-0.3, -0.25) is 0 Å². The van der Waals surface area contributed by atoms with E-state index < -0.39 is 0 Å². The summed E-state index contributed by atoms with van der Waals surface area (Å²) in [7, 11) is 0. The van der Waals surface area contributed by atoms with Crippen LogP contribution in [0.5, 0.6) is 0 Å². The number of benzene rings is 1. The van der Waals surface area contributed by atoms with Crippen LogP contribution in [0.1, 0.15) is 76.7 Å². The summed E-state index contributed by atoms with van der Waals surface area (Å²) in [4.78, 5) is 0. The van der Waals surface area contributed by atoms with E-state index in [1.165, 1.54) is 63.4 Å². The third-order valence-corrected chi connectivity index (χ3v) is 4.56. The van der Waals surface area contributed by atoms with Crippen LogP contribution in [0, 0.1) is 0 Å². The van der Waals surface area contributed by atoms with Crippen molar-refractivity contribution in [3.05, 3.63) is 34.3 Å². The summed E-state index contributed by atoms with van der Waals surface area (Å²) in [5, 5.41) is 0. The van der Waals surface area contributed by atoms with Crippen molar-refractivity contribution < 1.29 is 0 Å². The lowest BCUT2D eigenvalue weighted by Crippen LogP contribution is -2.22. The van der Waals surface area contributed by atoms with Crippen LogP contribution in [0.3, 0.4) is 0 Å². The molecule has 0 radical (unpaired) electrons. The van der Waals surface area contributed by atoms with Gasteiger partial charge < -0.3 is 5.73 Å². The van der Waals surface area contributed by atoms with Crippen LogP contribution < -0.4 is 5.73 Å². The molecule has 0 aliphatic rings. The number of hydrogen-bond acceptors (Lipinski definition) is 1. The number of unbranched alkanes of at least 4 members (excludes halogenated alkanes) is 8. The van der Waals surface area contributed by atoms with Crippen molar-refractivity contribution in [3.8, 4) is 0 Å². The van der Waals surface area contributed by atoms with Crippen molar-refractivity contribution in [1.82, 2.24) is 0 Å². The molecule has 0 aliphatic carbocycles. The molecule has 0 aromatic heterocycles. The average Bonchev–Trinajstić information content (AvgIpc) is 2.45. The van der Waals surface area contributed by atoms with Crippen LogP contribution in [0.25, 0.3) is 0 Å². The predicted octanol–water partition coefficient (Wildman–Crippen LogP) is 6.24. The first-order chi connectivity index (χ1) is 10.2. The zero-order valence-electron chi connectivity index (χ0n) is 13.6. The second-order valence-corrected chi connectivity index (χ2v) is 7.13. The number of halogens is 1. The molecule has 0 amide bonds. The molecule has 21 heavy (non-hydrogen) atoms. The van der Waals surface area contributed by atoms with Gasteiger partial charge in [-0.25, -0.2) is 0 Å². The monoisotopic (exact) mass is 353 g/mol. The van der Waals surface area contributed by atoms with Gasteiger partial charge in [-0.1, -0.05) is 92.8 Å². The van der Waals surface area contributed by atoms with E-state index in [0.717, 1.165) is 17.3 Å². The van der Waals surface area contributed by atoms with E-state index in [1.54, 1.807) is 0 Å². The van der Waals surface area contributed by atoms with E-state index >= 15 is 0 Å². The zero-order chi connectivity index (χ0) is 15.3. The lowest BCUT2D eigenvalue weighted by atomic mass is 10.00. The molecule has 0 aliphatic heterocycles. The van der Waals surface area contributed by atoms with Gasteiger partial charge in [0.2, 0.25) is 0 Å². The summed E-state index contributed by atoms with van der Waals surface area (Å²) in [6.07, 6.45) is 14.6. The van der Waals surface area contributed by atoms with Crippen molar-refractivity contribution in [2.45, 2.75) is 83.6 Å². The van der Waals surface area contributed by atoms with Gasteiger partial charge in [0.25, 0.3) is 0 Å². The Morgan fingerprint density at radius 3 is 2.19 bits per heavy atom. The van der Waals surface area contributed by atoms with E-state index in [0.29, 0.717) is 6.04 Å². The Morgan fingerprint density at radius 1 is 0.952 bits per heavy atom. The Bertz CT molecular complexity index is 364. The van der Waals surface area contributed by atoms with Crippen molar-refractivity contribution in [3.63, 3.8) is 0 Å². The van der Waals surface area contributed by atoms with Gasteiger partial charge in [0.1, 0.15) is 0 Å². The SMILES string of the molecule is CCCCCCCCCCCC(N)Cc1cccc(Br)c1. The van der Waals surface area contributed by atoms with E-state index in [4.69, 9.17) is 5.73 Å². The van der Waals surface area contributed by atoms with E-state index in [9.17, 15) is 0 Å². The van der Waals surface area contributed by atoms with Crippen molar-refractivity contribution >= 4 is 15.9 Å². The molecule has 1 nitrogen and oxygen atoms in total. The maximum atomic E-state index is 6.24. The molecule has 1 aromatic carbocycles. The molecule has 0 heterocycles. The highest BCUT2D eigenvalue weighted by Gasteiger charge is 2.04. The smallest absolute Gasteiger partial charge is 0.0178 e. The van der Waals surface area contributed by atoms with E-state index in [2.05, 4.69) is 47.1 Å². The standard InChI is InChI=1S/C19H32BrN/c1-2-3-4-5-6-7-8-9-10-14-19(21)16-17-12-11-13-18(20)15-17/h11-13,15,19H,2-10,14,16,21H2,1H3. The molecule has 120 valence electrons. The zero-order valence-corrected chi connectivity index (χ0v) is 15.2. The first-order valence-corrected chi connectivity index (χ1v) is 9.51. The molecular weight excluding hydrogens is 322 g/mol. The summed E-state index contributed by atoms with van der Waals surface area (Å²) in [5.74, 6) is 0. The second kappa shape index (κ2) is 12.2. The molecule has 2 heteroatoms. The fourth-order valence-electron chi connectivity index (χ4n) is 2.79. The van der Waals surface area contributed by atoms with Gasteiger partial charge >= 0.3 is 0 Å². The summed E-state index contributed by atoms with van der Waals surface area (Å²) in [5.41, 5.74) is 7.58. The van der Waals surface area contributed by atoms with Gasteiger partial charge in [-0.05, 0) is 30.5 Å². The quantitative estimate of drug-likeness (QED) is 0.442. The topological polar surface area (TPSA) is 26.0 Å². The van der Waals surface area contributed by atoms with Gasteiger partial charge in [0, 0.05) is 10.5 Å². The lowest BCUT2D eigenvalue weighted by molar-refractivity contribution is 0.522. The van der Waals surface area contributed by atoms with Crippen LogP contribution in [-0.2, 0) is 6.42 Å². The molecule has 0 spiro atoms.